The SMILES string of the molecule is COc1ccc([C@H](C#N)N2CCN(C(=O)C3CCCCC3)CC2)cc1. The number of carbonyl (C=O) groups is 1. The molecule has 3 rings (SSSR count). The maximum Gasteiger partial charge on any atom is 0.225 e. The molecule has 0 spiro atoms. The number of nitriles is 1. The van der Waals surface area contributed by atoms with Gasteiger partial charge in [-0.2, -0.15) is 5.26 Å². The van der Waals surface area contributed by atoms with E-state index in [1.165, 1.54) is 19.3 Å². The van der Waals surface area contributed by atoms with E-state index >= 15 is 0 Å². The van der Waals surface area contributed by atoms with Gasteiger partial charge in [0, 0.05) is 32.1 Å². The molecule has 2 fully saturated rings. The van der Waals surface area contributed by atoms with Crippen LogP contribution in [0.5, 0.6) is 5.75 Å². The molecule has 0 radical (unpaired) electrons. The molecule has 134 valence electrons. The number of ether oxygens (including phenoxy) is 1. The van der Waals surface area contributed by atoms with Gasteiger partial charge in [-0.05, 0) is 30.5 Å². The van der Waals surface area contributed by atoms with E-state index in [-0.39, 0.29) is 12.0 Å². The minimum Gasteiger partial charge on any atom is -0.497 e. The second kappa shape index (κ2) is 8.35. The number of rotatable bonds is 4. The van der Waals surface area contributed by atoms with Crippen molar-refractivity contribution in [1.82, 2.24) is 9.80 Å². The van der Waals surface area contributed by atoms with E-state index in [2.05, 4.69) is 11.0 Å². The van der Waals surface area contributed by atoms with E-state index in [9.17, 15) is 10.1 Å². The summed E-state index contributed by atoms with van der Waals surface area (Å²) in [6.07, 6.45) is 5.73. The topological polar surface area (TPSA) is 56.6 Å². The molecule has 1 heterocycles. The van der Waals surface area contributed by atoms with Crippen LogP contribution in [0.1, 0.15) is 43.7 Å². The Bertz CT molecular complexity index is 609. The number of piperazine rings is 1. The monoisotopic (exact) mass is 341 g/mol. The van der Waals surface area contributed by atoms with Gasteiger partial charge >= 0.3 is 0 Å². The van der Waals surface area contributed by atoms with Gasteiger partial charge in [0.2, 0.25) is 5.91 Å². The molecule has 1 aliphatic heterocycles. The van der Waals surface area contributed by atoms with Gasteiger partial charge in [-0.15, -0.1) is 0 Å². The molecule has 1 saturated carbocycles. The Morgan fingerprint density at radius 2 is 1.76 bits per heavy atom. The summed E-state index contributed by atoms with van der Waals surface area (Å²) >= 11 is 0. The number of nitrogens with zero attached hydrogens (tertiary/aromatic N) is 3. The Kier molecular flexibility index (Phi) is 5.93. The zero-order chi connectivity index (χ0) is 17.6. The predicted molar refractivity (Wildman–Crippen MR) is 96.1 cm³/mol. The van der Waals surface area contributed by atoms with Crippen molar-refractivity contribution in [2.45, 2.75) is 38.1 Å². The van der Waals surface area contributed by atoms with Gasteiger partial charge in [-0.3, -0.25) is 9.69 Å². The van der Waals surface area contributed by atoms with Gasteiger partial charge in [0.15, 0.2) is 0 Å². The standard InChI is InChI=1S/C20H27N3O2/c1-25-18-9-7-16(8-10-18)19(15-21)22-11-13-23(14-12-22)20(24)17-5-3-2-4-6-17/h7-10,17,19H,2-6,11-14H2,1H3/t19-/m0/s1. The van der Waals surface area contributed by atoms with Crippen LogP contribution in [0, 0.1) is 17.2 Å². The lowest BCUT2D eigenvalue weighted by Gasteiger charge is -2.38. The first-order valence-corrected chi connectivity index (χ1v) is 9.29. The number of methoxy groups -OCH3 is 1. The van der Waals surface area contributed by atoms with Crippen LogP contribution < -0.4 is 4.74 Å². The summed E-state index contributed by atoms with van der Waals surface area (Å²) in [5.74, 6) is 1.36. The fourth-order valence-corrected chi connectivity index (χ4v) is 3.96. The van der Waals surface area contributed by atoms with Gasteiger partial charge < -0.3 is 9.64 Å². The van der Waals surface area contributed by atoms with Crippen molar-refractivity contribution in [1.29, 1.82) is 5.26 Å². The minimum absolute atomic E-state index is 0.230. The number of hydrogen-bond donors (Lipinski definition) is 0. The van der Waals surface area contributed by atoms with Crippen molar-refractivity contribution in [2.75, 3.05) is 33.3 Å². The smallest absolute Gasteiger partial charge is 0.225 e. The van der Waals surface area contributed by atoms with Crippen molar-refractivity contribution in [3.8, 4) is 11.8 Å². The Labute approximate surface area is 150 Å². The zero-order valence-electron chi connectivity index (χ0n) is 15.0. The fraction of sp³-hybridized carbons (Fsp3) is 0.600. The third-order valence-electron chi connectivity index (χ3n) is 5.50. The molecule has 0 aromatic heterocycles. The molecule has 1 aliphatic carbocycles. The Hall–Kier alpha value is -2.06. The number of amides is 1. The predicted octanol–water partition coefficient (Wildman–Crippen LogP) is 2.98. The van der Waals surface area contributed by atoms with Crippen molar-refractivity contribution in [3.05, 3.63) is 29.8 Å². The normalized spacial score (nSPS) is 20.7. The van der Waals surface area contributed by atoms with E-state index in [0.717, 1.165) is 50.3 Å². The van der Waals surface area contributed by atoms with Crippen molar-refractivity contribution in [2.24, 2.45) is 5.92 Å². The minimum atomic E-state index is -0.266. The van der Waals surface area contributed by atoms with Crippen LogP contribution in [-0.4, -0.2) is 49.0 Å². The van der Waals surface area contributed by atoms with Crippen LogP contribution in [0.15, 0.2) is 24.3 Å². The first-order chi connectivity index (χ1) is 12.2. The van der Waals surface area contributed by atoms with E-state index in [1.807, 2.05) is 29.2 Å². The van der Waals surface area contributed by atoms with Crippen molar-refractivity contribution < 1.29 is 9.53 Å². The van der Waals surface area contributed by atoms with Gasteiger partial charge in [0.1, 0.15) is 11.8 Å². The average molecular weight is 341 g/mol. The van der Waals surface area contributed by atoms with Crippen LogP contribution in [0.3, 0.4) is 0 Å². The fourth-order valence-electron chi connectivity index (χ4n) is 3.96. The summed E-state index contributed by atoms with van der Waals surface area (Å²) in [5.41, 5.74) is 0.982. The van der Waals surface area contributed by atoms with Gasteiger partial charge in [-0.1, -0.05) is 31.4 Å². The maximum absolute atomic E-state index is 12.7. The molecular formula is C20H27N3O2. The van der Waals surface area contributed by atoms with Gasteiger partial charge in [0.05, 0.1) is 13.2 Å². The highest BCUT2D eigenvalue weighted by Gasteiger charge is 2.30. The lowest BCUT2D eigenvalue weighted by molar-refractivity contribution is -0.138. The molecule has 5 heteroatoms. The second-order valence-electron chi connectivity index (χ2n) is 7.00. The van der Waals surface area contributed by atoms with E-state index < -0.39 is 0 Å². The summed E-state index contributed by atoms with van der Waals surface area (Å²) in [6, 6.07) is 9.83. The van der Waals surface area contributed by atoms with Crippen molar-refractivity contribution in [3.63, 3.8) is 0 Å². The number of carbonyl (C=O) groups excluding carboxylic acids is 1. The first-order valence-electron chi connectivity index (χ1n) is 9.29. The molecule has 25 heavy (non-hydrogen) atoms. The lowest BCUT2D eigenvalue weighted by Crippen LogP contribution is -2.51. The molecule has 2 aliphatic rings. The first kappa shape index (κ1) is 17.8. The van der Waals surface area contributed by atoms with Gasteiger partial charge in [0.25, 0.3) is 0 Å². The van der Waals surface area contributed by atoms with E-state index in [1.54, 1.807) is 7.11 Å². The molecular weight excluding hydrogens is 314 g/mol. The van der Waals surface area contributed by atoms with Crippen LogP contribution in [-0.2, 0) is 4.79 Å². The molecule has 1 amide bonds. The molecule has 1 atom stereocenters. The summed E-state index contributed by atoms with van der Waals surface area (Å²) < 4.78 is 5.19. The third kappa shape index (κ3) is 4.13. The van der Waals surface area contributed by atoms with Crippen LogP contribution >= 0.6 is 0 Å². The highest BCUT2D eigenvalue weighted by atomic mass is 16.5. The molecule has 0 bridgehead atoms. The lowest BCUT2D eigenvalue weighted by atomic mass is 9.88. The molecule has 0 unspecified atom stereocenters. The molecule has 1 saturated heterocycles. The average Bonchev–Trinajstić information content (AvgIpc) is 2.70. The van der Waals surface area contributed by atoms with E-state index in [0.29, 0.717) is 5.91 Å². The summed E-state index contributed by atoms with van der Waals surface area (Å²) in [4.78, 5) is 16.9. The highest BCUT2D eigenvalue weighted by molar-refractivity contribution is 5.79. The largest absolute Gasteiger partial charge is 0.497 e. The van der Waals surface area contributed by atoms with Gasteiger partial charge in [-0.25, -0.2) is 0 Å². The highest BCUT2D eigenvalue weighted by Crippen LogP contribution is 2.27. The van der Waals surface area contributed by atoms with E-state index in [4.69, 9.17) is 4.74 Å². The molecule has 5 nitrogen and oxygen atoms in total. The molecule has 1 aromatic rings. The Morgan fingerprint density at radius 3 is 2.32 bits per heavy atom. The number of benzene rings is 1. The Morgan fingerprint density at radius 1 is 1.12 bits per heavy atom. The quantitative estimate of drug-likeness (QED) is 0.845. The van der Waals surface area contributed by atoms with Crippen LogP contribution in [0.2, 0.25) is 0 Å². The summed E-state index contributed by atoms with van der Waals surface area (Å²) in [5, 5.41) is 9.63. The maximum atomic E-state index is 12.7. The molecule has 1 aromatic carbocycles. The third-order valence-corrected chi connectivity index (χ3v) is 5.50. The summed E-state index contributed by atoms with van der Waals surface area (Å²) in [6.45, 7) is 2.96. The van der Waals surface area contributed by atoms with Crippen LogP contribution in [0.4, 0.5) is 0 Å². The Balaban J connectivity index is 1.58. The molecule has 0 N–H and O–H groups in total. The number of hydrogen-bond acceptors (Lipinski definition) is 4. The van der Waals surface area contributed by atoms with Crippen molar-refractivity contribution >= 4 is 5.91 Å². The summed E-state index contributed by atoms with van der Waals surface area (Å²) in [7, 11) is 1.64. The zero-order valence-corrected chi connectivity index (χ0v) is 15.0. The second-order valence-corrected chi connectivity index (χ2v) is 7.00. The van der Waals surface area contributed by atoms with Crippen LogP contribution in [0.25, 0.3) is 0 Å².